The van der Waals surface area contributed by atoms with Crippen LogP contribution in [0.25, 0.3) is 22.4 Å². The molecular weight excluding hydrogens is 418 g/mol. The van der Waals surface area contributed by atoms with E-state index in [1.165, 1.54) is 0 Å². The summed E-state index contributed by atoms with van der Waals surface area (Å²) < 4.78 is 18.4. The molecule has 2 heterocycles. The van der Waals surface area contributed by atoms with Gasteiger partial charge < -0.3 is 19.5 Å². The number of rotatable bonds is 8. The lowest BCUT2D eigenvalue weighted by atomic mass is 10.1. The van der Waals surface area contributed by atoms with E-state index >= 15 is 0 Å². The predicted octanol–water partition coefficient (Wildman–Crippen LogP) is 5.06. The highest BCUT2D eigenvalue weighted by Crippen LogP contribution is 2.41. The van der Waals surface area contributed by atoms with Gasteiger partial charge in [0.15, 0.2) is 23.1 Å². The molecule has 2 aromatic heterocycles. The Labute approximate surface area is 193 Å². The Morgan fingerprint density at radius 2 is 1.70 bits per heavy atom. The highest BCUT2D eigenvalue weighted by Gasteiger charge is 2.20. The zero-order valence-corrected chi connectivity index (χ0v) is 19.9. The van der Waals surface area contributed by atoms with Crippen LogP contribution in [0.4, 0.5) is 11.5 Å². The third-order valence-electron chi connectivity index (χ3n) is 5.44. The summed E-state index contributed by atoms with van der Waals surface area (Å²) in [5.41, 5.74) is 5.49. The Morgan fingerprint density at radius 1 is 0.970 bits per heavy atom. The van der Waals surface area contributed by atoms with Gasteiger partial charge >= 0.3 is 0 Å². The summed E-state index contributed by atoms with van der Waals surface area (Å²) in [5, 5.41) is 8.21. The van der Waals surface area contributed by atoms with Gasteiger partial charge in [-0.2, -0.15) is 5.10 Å². The Balaban J connectivity index is 1.95. The largest absolute Gasteiger partial charge is 0.493 e. The summed E-state index contributed by atoms with van der Waals surface area (Å²) in [6, 6.07) is 11.9. The highest BCUT2D eigenvalue weighted by molar-refractivity contribution is 5.91. The van der Waals surface area contributed by atoms with Crippen LogP contribution >= 0.6 is 0 Å². The van der Waals surface area contributed by atoms with Gasteiger partial charge in [-0.1, -0.05) is 25.5 Å². The number of aromatic nitrogens is 4. The van der Waals surface area contributed by atoms with Gasteiger partial charge in [-0.3, -0.25) is 4.68 Å². The molecule has 0 aliphatic carbocycles. The molecule has 0 aliphatic heterocycles. The minimum absolute atomic E-state index is 0.524. The van der Waals surface area contributed by atoms with E-state index in [0.29, 0.717) is 28.9 Å². The number of nitrogens with zero attached hydrogens (tertiary/aromatic N) is 4. The highest BCUT2D eigenvalue weighted by atomic mass is 16.5. The molecule has 1 N–H and O–H groups in total. The van der Waals surface area contributed by atoms with Crippen molar-refractivity contribution in [2.24, 2.45) is 7.05 Å². The van der Waals surface area contributed by atoms with E-state index in [1.54, 1.807) is 21.3 Å². The zero-order valence-electron chi connectivity index (χ0n) is 19.9. The van der Waals surface area contributed by atoms with Crippen molar-refractivity contribution in [2.45, 2.75) is 26.7 Å². The van der Waals surface area contributed by atoms with Crippen molar-refractivity contribution in [3.8, 4) is 28.6 Å². The Hall–Kier alpha value is -3.81. The fraction of sp³-hybridized carbons (Fsp3) is 0.320. The molecule has 4 aromatic rings. The summed E-state index contributed by atoms with van der Waals surface area (Å²) in [6.45, 7) is 4.19. The maximum atomic E-state index is 5.54. The van der Waals surface area contributed by atoms with Crippen LogP contribution in [0.1, 0.15) is 24.6 Å². The first-order valence-electron chi connectivity index (χ1n) is 10.9. The number of hydrogen-bond acceptors (Lipinski definition) is 7. The van der Waals surface area contributed by atoms with Crippen LogP contribution in [0, 0.1) is 6.92 Å². The normalized spacial score (nSPS) is 11.0. The molecule has 172 valence electrons. The molecule has 0 saturated carbocycles. The molecule has 2 aromatic carbocycles. The molecule has 0 atom stereocenters. The van der Waals surface area contributed by atoms with Crippen molar-refractivity contribution in [1.82, 2.24) is 19.7 Å². The number of nitrogens with one attached hydrogen (secondary N) is 1. The van der Waals surface area contributed by atoms with Crippen LogP contribution in [-0.4, -0.2) is 41.1 Å². The summed E-state index contributed by atoms with van der Waals surface area (Å²) in [6.07, 6.45) is 1.79. The van der Waals surface area contributed by atoms with Crippen LogP contribution < -0.4 is 19.5 Å². The Morgan fingerprint density at radius 3 is 2.30 bits per heavy atom. The van der Waals surface area contributed by atoms with Crippen LogP contribution in [0.15, 0.2) is 36.4 Å². The number of benzene rings is 2. The van der Waals surface area contributed by atoms with E-state index in [9.17, 15) is 0 Å². The maximum absolute atomic E-state index is 5.54. The minimum Gasteiger partial charge on any atom is -0.493 e. The lowest BCUT2D eigenvalue weighted by Gasteiger charge is -2.15. The zero-order chi connectivity index (χ0) is 23.5. The number of methoxy groups -OCH3 is 3. The predicted molar refractivity (Wildman–Crippen MR) is 130 cm³/mol. The molecule has 8 nitrogen and oxygen atoms in total. The maximum Gasteiger partial charge on any atom is 0.203 e. The van der Waals surface area contributed by atoms with Gasteiger partial charge in [0.05, 0.1) is 27.0 Å². The first-order chi connectivity index (χ1) is 16.0. The van der Waals surface area contributed by atoms with Gasteiger partial charge in [0.2, 0.25) is 5.75 Å². The average Bonchev–Trinajstić information content (AvgIpc) is 3.13. The third-order valence-corrected chi connectivity index (χ3v) is 5.44. The molecule has 0 spiro atoms. The lowest BCUT2D eigenvalue weighted by molar-refractivity contribution is 0.324. The molecule has 0 bridgehead atoms. The van der Waals surface area contributed by atoms with Crippen molar-refractivity contribution in [3.63, 3.8) is 0 Å². The number of aryl methyl sites for hydroxylation is 3. The molecule has 33 heavy (non-hydrogen) atoms. The molecule has 0 amide bonds. The second-order valence-electron chi connectivity index (χ2n) is 7.82. The van der Waals surface area contributed by atoms with Crippen molar-refractivity contribution in [1.29, 1.82) is 0 Å². The standard InChI is InChI=1S/C25H29N5O3/c1-7-9-18-21-22(30(3)29-18)25(26-17-11-8-10-15(2)12-17)28-24(27-21)16-13-19(31-4)23(33-6)20(14-16)32-5/h8,10-14H,7,9H2,1-6H3,(H,26,27,28). The fourth-order valence-electron chi connectivity index (χ4n) is 3.93. The number of hydrogen-bond donors (Lipinski definition) is 1. The second kappa shape index (κ2) is 9.36. The van der Waals surface area contributed by atoms with Crippen molar-refractivity contribution >= 4 is 22.5 Å². The summed E-state index contributed by atoms with van der Waals surface area (Å²) in [5.74, 6) is 2.84. The van der Waals surface area contributed by atoms with E-state index in [-0.39, 0.29) is 0 Å². The lowest BCUT2D eigenvalue weighted by Crippen LogP contribution is -2.03. The quantitative estimate of drug-likeness (QED) is 0.404. The van der Waals surface area contributed by atoms with Crippen molar-refractivity contribution in [2.75, 3.05) is 26.6 Å². The molecule has 4 rings (SSSR count). The molecule has 0 unspecified atom stereocenters. The summed E-state index contributed by atoms with van der Waals surface area (Å²) in [7, 11) is 6.69. The molecule has 0 fully saturated rings. The molecule has 0 radical (unpaired) electrons. The van der Waals surface area contributed by atoms with E-state index in [4.69, 9.17) is 29.3 Å². The van der Waals surface area contributed by atoms with Gasteiger partial charge in [-0.15, -0.1) is 0 Å². The minimum atomic E-state index is 0.524. The van der Waals surface area contributed by atoms with Crippen LogP contribution in [0.5, 0.6) is 17.2 Å². The Kier molecular flexibility index (Phi) is 6.35. The summed E-state index contributed by atoms with van der Waals surface area (Å²) >= 11 is 0. The van der Waals surface area contributed by atoms with Crippen molar-refractivity contribution in [3.05, 3.63) is 47.7 Å². The van der Waals surface area contributed by atoms with Gasteiger partial charge in [0, 0.05) is 18.3 Å². The van der Waals surface area contributed by atoms with Gasteiger partial charge in [0.25, 0.3) is 0 Å². The number of anilines is 2. The van der Waals surface area contributed by atoms with Crippen LogP contribution in [0.3, 0.4) is 0 Å². The number of ether oxygens (including phenoxy) is 3. The average molecular weight is 448 g/mol. The van der Waals surface area contributed by atoms with E-state index in [2.05, 4.69) is 31.3 Å². The van der Waals surface area contributed by atoms with Crippen molar-refractivity contribution < 1.29 is 14.2 Å². The van der Waals surface area contributed by atoms with E-state index in [1.807, 2.05) is 36.0 Å². The van der Waals surface area contributed by atoms with Crippen LogP contribution in [-0.2, 0) is 13.5 Å². The smallest absolute Gasteiger partial charge is 0.203 e. The topological polar surface area (TPSA) is 83.3 Å². The monoisotopic (exact) mass is 447 g/mol. The first-order valence-corrected chi connectivity index (χ1v) is 10.9. The fourth-order valence-corrected chi connectivity index (χ4v) is 3.93. The third kappa shape index (κ3) is 4.28. The molecular formula is C25H29N5O3. The molecule has 8 heteroatoms. The molecule has 0 saturated heterocycles. The van der Waals surface area contributed by atoms with Gasteiger partial charge in [0.1, 0.15) is 11.0 Å². The second-order valence-corrected chi connectivity index (χ2v) is 7.82. The summed E-state index contributed by atoms with van der Waals surface area (Å²) in [4.78, 5) is 9.83. The Bertz CT molecular complexity index is 1270. The SMILES string of the molecule is CCCc1nn(C)c2c(Nc3cccc(C)c3)nc(-c3cc(OC)c(OC)c(OC)c3)nc12. The van der Waals surface area contributed by atoms with E-state index in [0.717, 1.165) is 46.4 Å². The van der Waals surface area contributed by atoms with Crippen LogP contribution in [0.2, 0.25) is 0 Å². The first kappa shape index (κ1) is 22.4. The van der Waals surface area contributed by atoms with E-state index < -0.39 is 0 Å². The number of fused-ring (bicyclic) bond motifs is 1. The van der Waals surface area contributed by atoms with Gasteiger partial charge in [-0.05, 0) is 43.2 Å². The molecule has 0 aliphatic rings. The van der Waals surface area contributed by atoms with Gasteiger partial charge in [-0.25, -0.2) is 9.97 Å².